The molecule has 4 N–H and O–H groups in total. The van der Waals surface area contributed by atoms with Crippen LogP contribution in [0.5, 0.6) is 0 Å². The molecule has 41 heavy (non-hydrogen) atoms. The Hall–Kier alpha value is -4.09. The highest BCUT2D eigenvalue weighted by atomic mass is 32.2. The highest BCUT2D eigenvalue weighted by Crippen LogP contribution is 2.40. The topological polar surface area (TPSA) is 213 Å². The number of nitrogens with zero attached hydrogens (tertiary/aromatic N) is 5. The Labute approximate surface area is 242 Å². The Morgan fingerprint density at radius 3 is 2.76 bits per heavy atom. The van der Waals surface area contributed by atoms with Crippen LogP contribution in [-0.4, -0.2) is 78.2 Å². The third-order valence-corrected chi connectivity index (χ3v) is 7.51. The lowest BCUT2D eigenvalue weighted by molar-refractivity contribution is -0.689. The number of hydrogen-bond donors (Lipinski definition) is 3. The number of β-lactam (4-membered cyclic amide) rings is 1. The lowest BCUT2D eigenvalue weighted by Crippen LogP contribution is -2.71. The molecular formula is C24H27N7O8S2. The van der Waals surface area contributed by atoms with E-state index in [1.165, 1.54) is 11.8 Å². The number of hydrogen-bond acceptors (Lipinski definition) is 14. The number of aliphatic hydroxyl groups is 1. The van der Waals surface area contributed by atoms with Gasteiger partial charge in [-0.3, -0.25) is 14.5 Å². The van der Waals surface area contributed by atoms with Gasteiger partial charge in [0, 0.05) is 34.5 Å². The van der Waals surface area contributed by atoms with Gasteiger partial charge in [0.1, 0.15) is 17.0 Å². The summed E-state index contributed by atoms with van der Waals surface area (Å²) in [6.45, 7) is 4.39. The van der Waals surface area contributed by atoms with Crippen LogP contribution in [0.15, 0.2) is 41.0 Å². The Morgan fingerprint density at radius 1 is 1.37 bits per heavy atom. The normalized spacial score (nSPS) is 18.9. The SMILES string of the molecule is CC(C)(C)OC(=O)CON=C(C(=O)NC1C(=O)N2C(C(=O)[O-])=C(C[n+]3cccc(CO)c3)CS[C@@H]12)c1nsc(N)n1. The number of thioether (sulfide) groups is 1. The molecule has 2 aromatic heterocycles. The quantitative estimate of drug-likeness (QED) is 0.0888. The lowest BCUT2D eigenvalue weighted by atomic mass is 10.0. The molecule has 0 aliphatic carbocycles. The van der Waals surface area contributed by atoms with Gasteiger partial charge >= 0.3 is 5.97 Å². The molecule has 1 fully saturated rings. The molecule has 0 bridgehead atoms. The second kappa shape index (κ2) is 12.2. The molecule has 4 rings (SSSR count). The molecule has 0 aromatic carbocycles. The molecule has 2 aromatic rings. The van der Waals surface area contributed by atoms with Crippen LogP contribution in [-0.2, 0) is 41.9 Å². The Kier molecular flexibility index (Phi) is 8.89. The zero-order valence-corrected chi connectivity index (χ0v) is 23.9. The van der Waals surface area contributed by atoms with Crippen molar-refractivity contribution in [2.45, 2.75) is 50.9 Å². The smallest absolute Gasteiger partial charge is 0.347 e. The van der Waals surface area contributed by atoms with E-state index in [9.17, 15) is 29.4 Å². The average Bonchev–Trinajstić information content (AvgIpc) is 3.33. The number of nitrogens with one attached hydrogen (secondary N) is 1. The highest BCUT2D eigenvalue weighted by Gasteiger charge is 2.53. The summed E-state index contributed by atoms with van der Waals surface area (Å²) >= 11 is 2.06. The van der Waals surface area contributed by atoms with Crippen LogP contribution in [0.3, 0.4) is 0 Å². The van der Waals surface area contributed by atoms with Crippen molar-refractivity contribution in [2.24, 2.45) is 5.16 Å². The molecule has 4 heterocycles. The van der Waals surface area contributed by atoms with Crippen LogP contribution in [0.1, 0.15) is 32.2 Å². The Bertz CT molecular complexity index is 1430. The number of oxime groups is 1. The van der Waals surface area contributed by atoms with Gasteiger partial charge in [-0.1, -0.05) is 5.16 Å². The third-order valence-electron chi connectivity index (χ3n) is 5.63. The van der Waals surface area contributed by atoms with Gasteiger partial charge in [0.25, 0.3) is 11.8 Å². The number of aromatic nitrogens is 3. The van der Waals surface area contributed by atoms with Gasteiger partial charge in [-0.25, -0.2) is 9.36 Å². The number of amides is 2. The van der Waals surface area contributed by atoms with Crippen molar-refractivity contribution in [3.8, 4) is 0 Å². The van der Waals surface area contributed by atoms with Crippen molar-refractivity contribution in [2.75, 3.05) is 18.1 Å². The number of nitrogens with two attached hydrogens (primary N) is 1. The molecule has 15 nitrogen and oxygen atoms in total. The van der Waals surface area contributed by atoms with Crippen LogP contribution in [0.2, 0.25) is 0 Å². The minimum absolute atomic E-state index is 0.0417. The lowest BCUT2D eigenvalue weighted by Gasteiger charge is -2.50. The molecule has 1 saturated heterocycles. The number of carboxylic acids is 1. The largest absolute Gasteiger partial charge is 0.543 e. The summed E-state index contributed by atoms with van der Waals surface area (Å²) in [5.41, 5.74) is 5.24. The van der Waals surface area contributed by atoms with Crippen molar-refractivity contribution >= 4 is 57.9 Å². The van der Waals surface area contributed by atoms with E-state index in [1.54, 1.807) is 49.9 Å². The van der Waals surface area contributed by atoms with E-state index in [1.807, 2.05) is 0 Å². The maximum atomic E-state index is 13.2. The number of rotatable bonds is 10. The van der Waals surface area contributed by atoms with E-state index in [2.05, 4.69) is 19.8 Å². The number of aliphatic hydroxyl groups excluding tert-OH is 1. The summed E-state index contributed by atoms with van der Waals surface area (Å²) < 4.78 is 10.8. The van der Waals surface area contributed by atoms with Crippen LogP contribution in [0.25, 0.3) is 0 Å². The summed E-state index contributed by atoms with van der Waals surface area (Å²) in [5.74, 6) is -3.76. The molecule has 2 aliphatic heterocycles. The fraction of sp³-hybridized carbons (Fsp3) is 0.417. The van der Waals surface area contributed by atoms with Gasteiger partial charge in [0.2, 0.25) is 18.1 Å². The number of esters is 1. The first-order chi connectivity index (χ1) is 19.4. The van der Waals surface area contributed by atoms with Crippen molar-refractivity contribution in [1.82, 2.24) is 19.6 Å². The number of pyridine rings is 1. The highest BCUT2D eigenvalue weighted by molar-refractivity contribution is 8.00. The number of carboxylic acid groups (broad SMARTS) is 1. The summed E-state index contributed by atoms with van der Waals surface area (Å²) in [5, 5.41) is 27.0. The zero-order valence-electron chi connectivity index (χ0n) is 22.2. The Morgan fingerprint density at radius 2 is 2.12 bits per heavy atom. The summed E-state index contributed by atoms with van der Waals surface area (Å²) in [6.07, 6.45) is 3.38. The number of carbonyl (C=O) groups is 4. The van der Waals surface area contributed by atoms with Crippen molar-refractivity contribution in [1.29, 1.82) is 0 Å². The van der Waals surface area contributed by atoms with E-state index in [0.29, 0.717) is 11.1 Å². The first kappa shape index (κ1) is 29.9. The van der Waals surface area contributed by atoms with Gasteiger partial charge in [0.05, 0.1) is 18.3 Å². The van der Waals surface area contributed by atoms with Crippen molar-refractivity contribution in [3.63, 3.8) is 0 Å². The monoisotopic (exact) mass is 605 g/mol. The second-order valence-corrected chi connectivity index (χ2v) is 11.8. The first-order valence-electron chi connectivity index (χ1n) is 12.2. The number of nitrogen functional groups attached to an aromatic ring is 1. The molecule has 2 amide bonds. The molecule has 2 aliphatic rings. The second-order valence-electron chi connectivity index (χ2n) is 9.90. The molecule has 2 atom stereocenters. The molecular weight excluding hydrogens is 578 g/mol. The van der Waals surface area contributed by atoms with Gasteiger partial charge in [-0.15, -0.1) is 11.8 Å². The zero-order chi connectivity index (χ0) is 29.9. The fourth-order valence-electron chi connectivity index (χ4n) is 4.03. The number of aliphatic carboxylic acids is 1. The number of carbonyl (C=O) groups excluding carboxylic acids is 4. The van der Waals surface area contributed by atoms with E-state index < -0.39 is 53.1 Å². The summed E-state index contributed by atoms with van der Waals surface area (Å²) in [4.78, 5) is 60.3. The van der Waals surface area contributed by atoms with Crippen LogP contribution in [0, 0.1) is 0 Å². The van der Waals surface area contributed by atoms with Gasteiger partial charge in [0.15, 0.2) is 24.1 Å². The van der Waals surface area contributed by atoms with Crippen LogP contribution >= 0.6 is 23.3 Å². The van der Waals surface area contributed by atoms with E-state index in [0.717, 1.165) is 16.4 Å². The first-order valence-corrected chi connectivity index (χ1v) is 14.0. The van der Waals surface area contributed by atoms with E-state index >= 15 is 0 Å². The van der Waals surface area contributed by atoms with Gasteiger partial charge < -0.3 is 35.6 Å². The molecule has 17 heteroatoms. The molecule has 218 valence electrons. The van der Waals surface area contributed by atoms with Gasteiger partial charge in [-0.2, -0.15) is 9.36 Å². The number of anilines is 1. The van der Waals surface area contributed by atoms with E-state index in [-0.39, 0.29) is 35.6 Å². The molecule has 0 radical (unpaired) electrons. The fourth-order valence-corrected chi connectivity index (χ4v) is 5.80. The average molecular weight is 606 g/mol. The van der Waals surface area contributed by atoms with Crippen molar-refractivity contribution < 1.29 is 43.5 Å². The van der Waals surface area contributed by atoms with Gasteiger partial charge in [-0.05, 0) is 26.8 Å². The number of fused-ring (bicyclic) bond motifs is 1. The summed E-state index contributed by atoms with van der Waals surface area (Å²) in [7, 11) is 0. The predicted octanol–water partition coefficient (Wildman–Crippen LogP) is -1.93. The standard InChI is InChI=1S/C24H27N7O8S2/c1-24(2,3)39-14(33)10-38-28-15(18-27-23(25)41-29-18)19(34)26-16-20(35)31-17(22(36)37)13(11-40-21(16)31)8-30-6-4-5-12(7-30)9-32/h4-7,16,21,32H,8-11H2,1-3H3,(H3-,25,26,27,29,34,36,37)/t16?,21-/m0/s1. The Balaban J connectivity index is 1.49. The predicted molar refractivity (Wildman–Crippen MR) is 142 cm³/mol. The minimum Gasteiger partial charge on any atom is -0.543 e. The van der Waals surface area contributed by atoms with Crippen molar-refractivity contribution in [3.05, 3.63) is 47.2 Å². The molecule has 0 spiro atoms. The maximum Gasteiger partial charge on any atom is 0.347 e. The maximum absolute atomic E-state index is 13.2. The number of ether oxygens (including phenoxy) is 1. The van der Waals surface area contributed by atoms with Crippen LogP contribution in [0.4, 0.5) is 5.13 Å². The molecule has 1 unspecified atom stereocenters. The van der Waals surface area contributed by atoms with E-state index in [4.69, 9.17) is 15.3 Å². The third kappa shape index (κ3) is 6.98. The molecule has 0 saturated carbocycles. The minimum atomic E-state index is -1.53. The summed E-state index contributed by atoms with van der Waals surface area (Å²) in [6, 6.07) is 2.34. The van der Waals surface area contributed by atoms with Crippen LogP contribution < -0.4 is 20.7 Å².